The van der Waals surface area contributed by atoms with Gasteiger partial charge in [0.2, 0.25) is 5.91 Å². The minimum absolute atomic E-state index is 0.0192. The second kappa shape index (κ2) is 3.42. The van der Waals surface area contributed by atoms with Crippen molar-refractivity contribution in [3.05, 3.63) is 11.3 Å². The number of aliphatic hydroxyl groups excluding tert-OH is 1. The van der Waals surface area contributed by atoms with Gasteiger partial charge in [0.1, 0.15) is 0 Å². The number of rotatable bonds is 0. The molecule has 0 aromatic carbocycles. The van der Waals surface area contributed by atoms with E-state index >= 15 is 0 Å². The number of ketones is 1. The van der Waals surface area contributed by atoms with Crippen molar-refractivity contribution in [2.75, 3.05) is 6.54 Å². The van der Waals surface area contributed by atoms with Crippen LogP contribution >= 0.6 is 0 Å². The molecule has 1 amide bonds. The van der Waals surface area contributed by atoms with Crippen LogP contribution in [0.1, 0.15) is 32.1 Å². The van der Waals surface area contributed by atoms with E-state index in [9.17, 15) is 14.7 Å². The highest BCUT2D eigenvalue weighted by Crippen LogP contribution is 2.41. The smallest absolute Gasteiger partial charge is 0.226 e. The third-order valence-electron chi connectivity index (χ3n) is 3.98. The molecule has 16 heavy (non-hydrogen) atoms. The first-order valence-electron chi connectivity index (χ1n) is 5.93. The molecule has 4 nitrogen and oxygen atoms in total. The van der Waals surface area contributed by atoms with Gasteiger partial charge < -0.3 is 10.0 Å². The first-order chi connectivity index (χ1) is 7.68. The number of amides is 1. The van der Waals surface area contributed by atoms with Gasteiger partial charge in [0, 0.05) is 36.6 Å². The summed E-state index contributed by atoms with van der Waals surface area (Å²) >= 11 is 0. The normalized spacial score (nSPS) is 34.2. The van der Waals surface area contributed by atoms with Crippen LogP contribution in [-0.4, -0.2) is 34.3 Å². The van der Waals surface area contributed by atoms with Crippen molar-refractivity contribution >= 4 is 11.7 Å². The standard InChI is InChI=1S/C12H15NO3/c14-9-3-1-7-10(15)5-6-13-11(16)4-2-8(9)12(7)13/h8-9,14H,1-6H2/t8-,9-/m1/s1. The van der Waals surface area contributed by atoms with Crippen molar-refractivity contribution in [3.63, 3.8) is 0 Å². The molecule has 0 bridgehead atoms. The van der Waals surface area contributed by atoms with Gasteiger partial charge in [-0.05, 0) is 19.3 Å². The van der Waals surface area contributed by atoms with Crippen LogP contribution in [-0.2, 0) is 9.59 Å². The summed E-state index contributed by atoms with van der Waals surface area (Å²) in [5.74, 6) is 0.314. The Kier molecular flexibility index (Phi) is 2.14. The molecule has 2 heterocycles. The van der Waals surface area contributed by atoms with Gasteiger partial charge in [-0.1, -0.05) is 0 Å². The predicted octanol–water partition coefficient (Wildman–Crippen LogP) is 0.607. The lowest BCUT2D eigenvalue weighted by molar-refractivity contribution is -0.134. The van der Waals surface area contributed by atoms with Crippen molar-refractivity contribution in [1.82, 2.24) is 4.90 Å². The van der Waals surface area contributed by atoms with Crippen LogP contribution in [0.5, 0.6) is 0 Å². The SMILES string of the molecule is O=C1CCN2C(=O)CC[C@H]3C2=C1CC[C@H]3O. The second-order valence-corrected chi connectivity index (χ2v) is 4.83. The fourth-order valence-corrected chi connectivity index (χ4v) is 3.16. The van der Waals surface area contributed by atoms with Crippen LogP contribution in [0, 0.1) is 5.92 Å². The number of hydrogen-bond donors (Lipinski definition) is 1. The Morgan fingerprint density at radius 3 is 2.75 bits per heavy atom. The average molecular weight is 221 g/mol. The van der Waals surface area contributed by atoms with Crippen molar-refractivity contribution in [2.24, 2.45) is 5.92 Å². The summed E-state index contributed by atoms with van der Waals surface area (Å²) in [5, 5.41) is 9.95. The summed E-state index contributed by atoms with van der Waals surface area (Å²) in [4.78, 5) is 25.3. The summed E-state index contributed by atoms with van der Waals surface area (Å²) in [6.45, 7) is 0.514. The molecule has 0 radical (unpaired) electrons. The number of hydrogen-bond acceptors (Lipinski definition) is 3. The van der Waals surface area contributed by atoms with Crippen LogP contribution in [0.3, 0.4) is 0 Å². The molecule has 3 aliphatic rings. The quantitative estimate of drug-likeness (QED) is 0.652. The Bertz CT molecular complexity index is 399. The van der Waals surface area contributed by atoms with Gasteiger partial charge in [-0.2, -0.15) is 0 Å². The molecule has 0 spiro atoms. The summed E-state index contributed by atoms with van der Waals surface area (Å²) < 4.78 is 0. The molecular formula is C12H15NO3. The topological polar surface area (TPSA) is 57.6 Å². The molecule has 0 saturated carbocycles. The zero-order chi connectivity index (χ0) is 11.3. The lowest BCUT2D eigenvalue weighted by atomic mass is 9.76. The Balaban J connectivity index is 2.10. The third-order valence-corrected chi connectivity index (χ3v) is 3.98. The van der Waals surface area contributed by atoms with Gasteiger partial charge in [-0.3, -0.25) is 9.59 Å². The molecule has 1 aliphatic carbocycles. The number of carbonyl (C=O) groups is 2. The highest BCUT2D eigenvalue weighted by atomic mass is 16.3. The van der Waals surface area contributed by atoms with Crippen molar-refractivity contribution in [1.29, 1.82) is 0 Å². The minimum atomic E-state index is -0.375. The van der Waals surface area contributed by atoms with E-state index in [1.54, 1.807) is 4.90 Å². The molecule has 86 valence electrons. The van der Waals surface area contributed by atoms with E-state index in [4.69, 9.17) is 0 Å². The molecule has 1 N–H and O–H groups in total. The maximum atomic E-state index is 11.8. The number of piperidine rings is 1. The molecule has 4 heteroatoms. The van der Waals surface area contributed by atoms with Crippen molar-refractivity contribution in [3.8, 4) is 0 Å². The van der Waals surface area contributed by atoms with Gasteiger partial charge in [0.25, 0.3) is 0 Å². The van der Waals surface area contributed by atoms with Crippen LogP contribution in [0.2, 0.25) is 0 Å². The molecule has 1 fully saturated rings. The number of aliphatic hydroxyl groups is 1. The molecule has 2 atom stereocenters. The highest BCUT2D eigenvalue weighted by Gasteiger charge is 2.42. The van der Waals surface area contributed by atoms with Crippen LogP contribution in [0.25, 0.3) is 0 Å². The Morgan fingerprint density at radius 1 is 1.12 bits per heavy atom. The van der Waals surface area contributed by atoms with E-state index in [-0.39, 0.29) is 23.7 Å². The van der Waals surface area contributed by atoms with E-state index in [0.717, 1.165) is 11.3 Å². The summed E-state index contributed by atoms with van der Waals surface area (Å²) in [6.07, 6.45) is 2.58. The molecule has 0 unspecified atom stereocenters. The first-order valence-corrected chi connectivity index (χ1v) is 5.93. The van der Waals surface area contributed by atoms with E-state index in [1.165, 1.54) is 0 Å². The molecule has 1 saturated heterocycles. The minimum Gasteiger partial charge on any atom is -0.392 e. The zero-order valence-corrected chi connectivity index (χ0v) is 9.11. The molecule has 3 rings (SSSR count). The summed E-state index contributed by atoms with van der Waals surface area (Å²) in [6, 6.07) is 0. The Hall–Kier alpha value is -1.16. The average Bonchev–Trinajstić information content (AvgIpc) is 2.27. The maximum absolute atomic E-state index is 11.8. The fourth-order valence-electron chi connectivity index (χ4n) is 3.16. The largest absolute Gasteiger partial charge is 0.392 e. The van der Waals surface area contributed by atoms with Crippen LogP contribution in [0.4, 0.5) is 0 Å². The van der Waals surface area contributed by atoms with E-state index in [1.807, 2.05) is 0 Å². The second-order valence-electron chi connectivity index (χ2n) is 4.83. The number of Topliss-reactive ketones (excluding diaryl/α,β-unsaturated/α-hetero) is 1. The first kappa shape index (κ1) is 10.0. The zero-order valence-electron chi connectivity index (χ0n) is 9.11. The Labute approximate surface area is 93.9 Å². The highest BCUT2D eigenvalue weighted by molar-refractivity contribution is 5.99. The van der Waals surface area contributed by atoms with Gasteiger partial charge >= 0.3 is 0 Å². The predicted molar refractivity (Wildman–Crippen MR) is 56.3 cm³/mol. The van der Waals surface area contributed by atoms with Gasteiger partial charge in [0.15, 0.2) is 5.78 Å². The number of allylic oxidation sites excluding steroid dienone is 1. The van der Waals surface area contributed by atoms with Crippen LogP contribution in [0.15, 0.2) is 11.3 Å². The molecule has 2 aliphatic heterocycles. The van der Waals surface area contributed by atoms with E-state index < -0.39 is 0 Å². The Morgan fingerprint density at radius 2 is 1.94 bits per heavy atom. The van der Waals surface area contributed by atoms with Gasteiger partial charge in [-0.15, -0.1) is 0 Å². The lowest BCUT2D eigenvalue weighted by Crippen LogP contribution is -2.48. The summed E-state index contributed by atoms with van der Waals surface area (Å²) in [7, 11) is 0. The molecule has 0 aromatic heterocycles. The van der Waals surface area contributed by atoms with E-state index in [0.29, 0.717) is 38.6 Å². The lowest BCUT2D eigenvalue weighted by Gasteiger charge is -2.44. The third kappa shape index (κ3) is 1.26. The van der Waals surface area contributed by atoms with Crippen molar-refractivity contribution in [2.45, 2.75) is 38.2 Å². The molecular weight excluding hydrogens is 206 g/mol. The molecule has 0 aromatic rings. The van der Waals surface area contributed by atoms with Gasteiger partial charge in [0.05, 0.1) is 6.10 Å². The van der Waals surface area contributed by atoms with Crippen molar-refractivity contribution < 1.29 is 14.7 Å². The summed E-state index contributed by atoms with van der Waals surface area (Å²) in [5.41, 5.74) is 1.67. The van der Waals surface area contributed by atoms with E-state index in [2.05, 4.69) is 0 Å². The monoisotopic (exact) mass is 221 g/mol. The van der Waals surface area contributed by atoms with Crippen LogP contribution < -0.4 is 0 Å². The van der Waals surface area contributed by atoms with Gasteiger partial charge in [-0.25, -0.2) is 0 Å². The fraction of sp³-hybridized carbons (Fsp3) is 0.667. The number of carbonyl (C=O) groups excluding carboxylic acids is 2. The number of nitrogens with zero attached hydrogens (tertiary/aromatic N) is 1. The maximum Gasteiger partial charge on any atom is 0.226 e.